The molecule has 1 aliphatic heterocycles. The fourth-order valence-electron chi connectivity index (χ4n) is 1.97. The number of hydrogen-bond acceptors (Lipinski definition) is 3. The van der Waals surface area contributed by atoms with Crippen LogP contribution in [0.1, 0.15) is 46.5 Å². The van der Waals surface area contributed by atoms with E-state index >= 15 is 0 Å². The Morgan fingerprint density at radius 2 is 2.00 bits per heavy atom. The molecule has 1 atom stereocenters. The van der Waals surface area contributed by atoms with Gasteiger partial charge in [-0.2, -0.15) is 0 Å². The molecule has 0 aromatic heterocycles. The number of amides is 2. The summed E-state index contributed by atoms with van der Waals surface area (Å²) in [6.07, 6.45) is 3.49. The van der Waals surface area contributed by atoms with Crippen molar-refractivity contribution in [2.24, 2.45) is 5.41 Å². The SMILES string of the molecule is CC(C)(C)C(=O)NCCCC(=O)NCC1CCCN1. The zero-order valence-electron chi connectivity index (χ0n) is 12.3. The lowest BCUT2D eigenvalue weighted by Gasteiger charge is -2.17. The molecule has 0 spiro atoms. The Bertz CT molecular complexity index is 304. The average molecular weight is 269 g/mol. The topological polar surface area (TPSA) is 70.2 Å². The quantitative estimate of drug-likeness (QED) is 0.625. The summed E-state index contributed by atoms with van der Waals surface area (Å²) in [5, 5.41) is 9.11. The largest absolute Gasteiger partial charge is 0.356 e. The number of nitrogens with one attached hydrogen (secondary N) is 3. The highest BCUT2D eigenvalue weighted by atomic mass is 16.2. The van der Waals surface area contributed by atoms with Gasteiger partial charge in [-0.3, -0.25) is 9.59 Å². The van der Waals surface area contributed by atoms with Crippen molar-refractivity contribution >= 4 is 11.8 Å². The summed E-state index contributed by atoms with van der Waals surface area (Å²) in [6.45, 7) is 7.97. The highest BCUT2D eigenvalue weighted by Crippen LogP contribution is 2.12. The lowest BCUT2D eigenvalue weighted by Crippen LogP contribution is -2.38. The van der Waals surface area contributed by atoms with Crippen LogP contribution in [0.3, 0.4) is 0 Å². The standard InChI is InChI=1S/C14H27N3O2/c1-14(2,3)13(19)16-9-5-7-12(18)17-10-11-6-4-8-15-11/h11,15H,4-10H2,1-3H3,(H,16,19)(H,17,18). The van der Waals surface area contributed by atoms with E-state index in [1.54, 1.807) is 0 Å². The summed E-state index contributed by atoms with van der Waals surface area (Å²) >= 11 is 0. The third kappa shape index (κ3) is 6.57. The van der Waals surface area contributed by atoms with Crippen LogP contribution in [0, 0.1) is 5.41 Å². The minimum absolute atomic E-state index is 0.0306. The van der Waals surface area contributed by atoms with Gasteiger partial charge in [-0.15, -0.1) is 0 Å². The fourth-order valence-corrected chi connectivity index (χ4v) is 1.97. The molecule has 1 unspecified atom stereocenters. The molecule has 2 amide bonds. The maximum absolute atomic E-state index is 11.6. The van der Waals surface area contributed by atoms with E-state index < -0.39 is 0 Å². The van der Waals surface area contributed by atoms with E-state index in [-0.39, 0.29) is 17.2 Å². The molecule has 0 aliphatic carbocycles. The highest BCUT2D eigenvalue weighted by molar-refractivity contribution is 5.81. The van der Waals surface area contributed by atoms with E-state index in [2.05, 4.69) is 16.0 Å². The molecule has 0 aromatic rings. The molecule has 1 heterocycles. The number of carbonyl (C=O) groups is 2. The smallest absolute Gasteiger partial charge is 0.225 e. The Labute approximate surface area is 115 Å². The molecular weight excluding hydrogens is 242 g/mol. The Morgan fingerprint density at radius 1 is 1.26 bits per heavy atom. The van der Waals surface area contributed by atoms with Crippen LogP contribution in [0.25, 0.3) is 0 Å². The molecule has 1 saturated heterocycles. The second-order valence-corrected chi connectivity index (χ2v) is 6.21. The summed E-state index contributed by atoms with van der Waals surface area (Å²) in [4.78, 5) is 23.2. The lowest BCUT2D eigenvalue weighted by atomic mass is 9.96. The van der Waals surface area contributed by atoms with Crippen LogP contribution in [0.15, 0.2) is 0 Å². The monoisotopic (exact) mass is 269 g/mol. The van der Waals surface area contributed by atoms with Gasteiger partial charge in [0.05, 0.1) is 0 Å². The van der Waals surface area contributed by atoms with Crippen molar-refractivity contribution in [3.8, 4) is 0 Å². The maximum Gasteiger partial charge on any atom is 0.225 e. The van der Waals surface area contributed by atoms with Gasteiger partial charge in [-0.1, -0.05) is 20.8 Å². The van der Waals surface area contributed by atoms with E-state index in [0.29, 0.717) is 32.0 Å². The van der Waals surface area contributed by atoms with Crippen LogP contribution < -0.4 is 16.0 Å². The van der Waals surface area contributed by atoms with Gasteiger partial charge >= 0.3 is 0 Å². The van der Waals surface area contributed by atoms with Gasteiger partial charge in [0.25, 0.3) is 0 Å². The molecule has 3 N–H and O–H groups in total. The summed E-state index contributed by atoms with van der Waals surface area (Å²) in [7, 11) is 0. The summed E-state index contributed by atoms with van der Waals surface area (Å²) in [5.74, 6) is 0.0989. The molecule has 1 aliphatic rings. The first-order valence-corrected chi connectivity index (χ1v) is 7.18. The van der Waals surface area contributed by atoms with E-state index in [1.807, 2.05) is 20.8 Å². The van der Waals surface area contributed by atoms with Crippen molar-refractivity contribution in [3.63, 3.8) is 0 Å². The predicted octanol–water partition coefficient (Wildman–Crippen LogP) is 0.797. The highest BCUT2D eigenvalue weighted by Gasteiger charge is 2.20. The first-order valence-electron chi connectivity index (χ1n) is 7.18. The van der Waals surface area contributed by atoms with E-state index in [9.17, 15) is 9.59 Å². The van der Waals surface area contributed by atoms with Crippen LogP contribution in [-0.4, -0.2) is 37.5 Å². The molecule has 0 saturated carbocycles. The number of hydrogen-bond donors (Lipinski definition) is 3. The van der Waals surface area contributed by atoms with Crippen molar-refractivity contribution in [2.75, 3.05) is 19.6 Å². The van der Waals surface area contributed by atoms with Crippen molar-refractivity contribution < 1.29 is 9.59 Å². The molecular formula is C14H27N3O2. The minimum Gasteiger partial charge on any atom is -0.356 e. The second-order valence-electron chi connectivity index (χ2n) is 6.21. The molecule has 110 valence electrons. The Morgan fingerprint density at radius 3 is 2.58 bits per heavy atom. The van der Waals surface area contributed by atoms with Gasteiger partial charge in [0.2, 0.25) is 11.8 Å². The summed E-state index contributed by atoms with van der Waals surface area (Å²) < 4.78 is 0. The normalized spacial score (nSPS) is 19.2. The zero-order valence-corrected chi connectivity index (χ0v) is 12.3. The van der Waals surface area contributed by atoms with Crippen LogP contribution in [0.2, 0.25) is 0 Å². The van der Waals surface area contributed by atoms with Gasteiger partial charge in [0.15, 0.2) is 0 Å². The van der Waals surface area contributed by atoms with Crippen molar-refractivity contribution in [1.82, 2.24) is 16.0 Å². The zero-order chi connectivity index (χ0) is 14.3. The Hall–Kier alpha value is -1.10. The molecule has 5 nitrogen and oxygen atoms in total. The van der Waals surface area contributed by atoms with Crippen molar-refractivity contribution in [2.45, 2.75) is 52.5 Å². The van der Waals surface area contributed by atoms with Crippen LogP contribution in [0.4, 0.5) is 0 Å². The van der Waals surface area contributed by atoms with Crippen LogP contribution in [0.5, 0.6) is 0 Å². The third-order valence-corrected chi connectivity index (χ3v) is 3.26. The molecule has 0 bridgehead atoms. The van der Waals surface area contributed by atoms with Crippen molar-refractivity contribution in [3.05, 3.63) is 0 Å². The molecule has 1 rings (SSSR count). The Balaban J connectivity index is 2.02. The third-order valence-electron chi connectivity index (χ3n) is 3.26. The molecule has 0 radical (unpaired) electrons. The lowest BCUT2D eigenvalue weighted by molar-refractivity contribution is -0.128. The molecule has 0 aromatic carbocycles. The predicted molar refractivity (Wildman–Crippen MR) is 75.7 cm³/mol. The Kier molecular flexibility index (Phi) is 6.28. The first-order chi connectivity index (χ1) is 8.89. The van der Waals surface area contributed by atoms with E-state index in [0.717, 1.165) is 13.0 Å². The van der Waals surface area contributed by atoms with Gasteiger partial charge in [-0.25, -0.2) is 0 Å². The van der Waals surface area contributed by atoms with Gasteiger partial charge < -0.3 is 16.0 Å². The van der Waals surface area contributed by atoms with Crippen molar-refractivity contribution in [1.29, 1.82) is 0 Å². The van der Waals surface area contributed by atoms with Gasteiger partial charge in [0.1, 0.15) is 0 Å². The summed E-state index contributed by atoms with van der Waals surface area (Å²) in [5.41, 5.74) is -0.365. The number of rotatable bonds is 6. The van der Waals surface area contributed by atoms with Gasteiger partial charge in [0, 0.05) is 31.0 Å². The molecule has 19 heavy (non-hydrogen) atoms. The fraction of sp³-hybridized carbons (Fsp3) is 0.857. The van der Waals surface area contributed by atoms with E-state index in [4.69, 9.17) is 0 Å². The van der Waals surface area contributed by atoms with Gasteiger partial charge in [-0.05, 0) is 25.8 Å². The average Bonchev–Trinajstić information content (AvgIpc) is 2.83. The summed E-state index contributed by atoms with van der Waals surface area (Å²) in [6, 6.07) is 0.435. The minimum atomic E-state index is -0.365. The molecule has 1 fully saturated rings. The van der Waals surface area contributed by atoms with E-state index in [1.165, 1.54) is 6.42 Å². The number of carbonyl (C=O) groups excluding carboxylic acids is 2. The van der Waals surface area contributed by atoms with Crippen LogP contribution >= 0.6 is 0 Å². The molecule has 5 heteroatoms. The second kappa shape index (κ2) is 7.48. The van der Waals surface area contributed by atoms with Crippen LogP contribution in [-0.2, 0) is 9.59 Å². The first kappa shape index (κ1) is 16.0. The maximum atomic E-state index is 11.6.